The number of rotatable bonds is 4. The lowest BCUT2D eigenvalue weighted by Crippen LogP contribution is -2.14. The summed E-state index contributed by atoms with van der Waals surface area (Å²) in [6, 6.07) is 4.16. The molecular weight excluding hydrogens is 300 g/mol. The van der Waals surface area contributed by atoms with Crippen molar-refractivity contribution in [1.82, 2.24) is 4.98 Å². The molecule has 2 aromatic rings. The van der Waals surface area contributed by atoms with Crippen LogP contribution in [0.2, 0.25) is 0 Å². The Kier molecular flexibility index (Phi) is 5.16. The Labute approximate surface area is 144 Å². The molecule has 0 spiro atoms. The van der Waals surface area contributed by atoms with Crippen molar-refractivity contribution in [1.29, 1.82) is 0 Å². The average molecular weight is 328 g/mol. The van der Waals surface area contributed by atoms with Crippen molar-refractivity contribution in [3.8, 4) is 0 Å². The number of benzene rings is 1. The number of anilines is 1. The topological polar surface area (TPSA) is 55.1 Å². The number of hydrogen-bond acceptors (Lipinski definition) is 3. The minimum absolute atomic E-state index is 0.00170. The van der Waals surface area contributed by atoms with E-state index in [4.69, 9.17) is 4.42 Å². The summed E-state index contributed by atoms with van der Waals surface area (Å²) in [4.78, 5) is 16.8. The summed E-state index contributed by atoms with van der Waals surface area (Å²) in [7, 11) is 0. The van der Waals surface area contributed by atoms with Gasteiger partial charge in [0.05, 0.1) is 5.69 Å². The third kappa shape index (κ3) is 4.25. The maximum atomic E-state index is 12.3. The second-order valence-electron chi connectivity index (χ2n) is 7.60. The predicted molar refractivity (Wildman–Crippen MR) is 97.5 cm³/mol. The van der Waals surface area contributed by atoms with E-state index in [9.17, 15) is 4.79 Å². The van der Waals surface area contributed by atoms with Crippen molar-refractivity contribution in [3.63, 3.8) is 0 Å². The molecule has 1 amide bonds. The van der Waals surface area contributed by atoms with E-state index in [-0.39, 0.29) is 11.3 Å². The highest BCUT2D eigenvalue weighted by atomic mass is 16.4. The lowest BCUT2D eigenvalue weighted by Gasteiger charge is -2.13. The fraction of sp³-hybridized carbons (Fsp3) is 0.500. The van der Waals surface area contributed by atoms with Gasteiger partial charge in [-0.3, -0.25) is 4.79 Å². The molecule has 0 saturated heterocycles. The van der Waals surface area contributed by atoms with Crippen LogP contribution >= 0.6 is 0 Å². The van der Waals surface area contributed by atoms with E-state index < -0.39 is 0 Å². The van der Waals surface area contributed by atoms with Crippen LogP contribution in [0.1, 0.15) is 61.2 Å². The summed E-state index contributed by atoms with van der Waals surface area (Å²) in [5, 5.41) is 3.03. The van der Waals surface area contributed by atoms with Crippen LogP contribution in [0, 0.1) is 27.7 Å². The molecule has 4 heteroatoms. The van der Waals surface area contributed by atoms with Gasteiger partial charge in [-0.25, -0.2) is 4.98 Å². The molecule has 4 nitrogen and oxygen atoms in total. The summed E-state index contributed by atoms with van der Waals surface area (Å²) < 4.78 is 5.85. The summed E-state index contributed by atoms with van der Waals surface area (Å²) in [5.74, 6) is 1.52. The molecule has 130 valence electrons. The number of oxazole rings is 1. The highest BCUT2D eigenvalue weighted by Crippen LogP contribution is 2.25. The molecule has 24 heavy (non-hydrogen) atoms. The van der Waals surface area contributed by atoms with Crippen LogP contribution in [-0.2, 0) is 16.6 Å². The maximum Gasteiger partial charge on any atom is 0.224 e. The van der Waals surface area contributed by atoms with Gasteiger partial charge in [0.15, 0.2) is 5.89 Å². The predicted octanol–water partition coefficient (Wildman–Crippen LogP) is 4.78. The van der Waals surface area contributed by atoms with E-state index in [1.807, 2.05) is 20.8 Å². The summed E-state index contributed by atoms with van der Waals surface area (Å²) in [6.45, 7) is 14.2. The normalized spacial score (nSPS) is 11.6. The van der Waals surface area contributed by atoms with Crippen LogP contribution in [0.4, 0.5) is 5.69 Å². The second kappa shape index (κ2) is 6.80. The van der Waals surface area contributed by atoms with Gasteiger partial charge in [-0.1, -0.05) is 38.5 Å². The van der Waals surface area contributed by atoms with Crippen molar-refractivity contribution in [2.24, 2.45) is 0 Å². The fourth-order valence-electron chi connectivity index (χ4n) is 2.79. The van der Waals surface area contributed by atoms with E-state index in [0.29, 0.717) is 12.8 Å². The molecule has 1 aromatic carbocycles. The Hall–Kier alpha value is -2.10. The van der Waals surface area contributed by atoms with Crippen LogP contribution in [0.3, 0.4) is 0 Å². The summed E-state index contributed by atoms with van der Waals surface area (Å²) in [6.07, 6.45) is 0.942. The molecule has 1 aromatic heterocycles. The zero-order valence-corrected chi connectivity index (χ0v) is 15.8. The Balaban J connectivity index is 2.03. The molecule has 0 radical (unpaired) electrons. The van der Waals surface area contributed by atoms with Crippen LogP contribution in [0.15, 0.2) is 16.5 Å². The van der Waals surface area contributed by atoms with Crippen molar-refractivity contribution >= 4 is 11.6 Å². The van der Waals surface area contributed by atoms with E-state index in [2.05, 4.69) is 50.1 Å². The Morgan fingerprint density at radius 1 is 1.12 bits per heavy atom. The Morgan fingerprint density at radius 3 is 2.21 bits per heavy atom. The molecular formula is C20H28N2O2. The smallest absolute Gasteiger partial charge is 0.224 e. The third-order valence-corrected chi connectivity index (χ3v) is 4.05. The fourth-order valence-corrected chi connectivity index (χ4v) is 2.79. The molecule has 0 bridgehead atoms. The molecule has 0 aliphatic rings. The lowest BCUT2D eigenvalue weighted by molar-refractivity contribution is -0.116. The van der Waals surface area contributed by atoms with Gasteiger partial charge in [0.1, 0.15) is 5.76 Å². The van der Waals surface area contributed by atoms with Gasteiger partial charge < -0.3 is 9.73 Å². The van der Waals surface area contributed by atoms with Gasteiger partial charge >= 0.3 is 0 Å². The van der Waals surface area contributed by atoms with Crippen LogP contribution < -0.4 is 5.32 Å². The first kappa shape index (κ1) is 18.2. The average Bonchev–Trinajstić information content (AvgIpc) is 2.82. The molecule has 1 heterocycles. The second-order valence-corrected chi connectivity index (χ2v) is 7.60. The molecule has 2 rings (SSSR count). The minimum Gasteiger partial charge on any atom is -0.445 e. The van der Waals surface area contributed by atoms with Gasteiger partial charge in [0.2, 0.25) is 5.91 Å². The number of carbonyl (C=O) groups is 1. The van der Waals surface area contributed by atoms with Crippen LogP contribution in [-0.4, -0.2) is 10.9 Å². The lowest BCUT2D eigenvalue weighted by atomic mass is 9.97. The first-order valence-corrected chi connectivity index (χ1v) is 8.42. The van der Waals surface area contributed by atoms with E-state index in [1.165, 1.54) is 5.56 Å². The van der Waals surface area contributed by atoms with Crippen molar-refractivity contribution in [3.05, 3.63) is 46.2 Å². The number of aryl methyl sites for hydroxylation is 5. The number of nitrogens with zero attached hydrogens (tertiary/aromatic N) is 1. The van der Waals surface area contributed by atoms with Crippen molar-refractivity contribution in [2.45, 2.75) is 66.7 Å². The zero-order valence-electron chi connectivity index (χ0n) is 15.8. The molecule has 0 aliphatic carbocycles. The highest BCUT2D eigenvalue weighted by Gasteiger charge is 2.22. The number of nitrogens with one attached hydrogen (secondary N) is 1. The Bertz CT molecular complexity index is 728. The molecule has 0 aliphatic heterocycles. The van der Waals surface area contributed by atoms with Crippen molar-refractivity contribution in [2.75, 3.05) is 5.32 Å². The number of carbonyl (C=O) groups excluding carboxylic acids is 1. The maximum absolute atomic E-state index is 12.3. The Morgan fingerprint density at radius 2 is 1.71 bits per heavy atom. The SMILES string of the molecule is Cc1cc(C)c(NC(=O)CCc2oc(C(C)(C)C)nc2C)c(C)c1. The van der Waals surface area contributed by atoms with Crippen molar-refractivity contribution < 1.29 is 9.21 Å². The van der Waals surface area contributed by atoms with E-state index >= 15 is 0 Å². The monoisotopic (exact) mass is 328 g/mol. The molecule has 0 saturated carbocycles. The third-order valence-electron chi connectivity index (χ3n) is 4.05. The standard InChI is InChI=1S/C20H28N2O2/c1-12-10-13(2)18(14(3)11-12)22-17(23)9-8-16-15(4)21-19(24-16)20(5,6)7/h10-11H,8-9H2,1-7H3,(H,22,23). The first-order chi connectivity index (χ1) is 11.1. The molecule has 1 N–H and O–H groups in total. The van der Waals surface area contributed by atoms with Crippen LogP contribution in [0.25, 0.3) is 0 Å². The first-order valence-electron chi connectivity index (χ1n) is 8.42. The van der Waals surface area contributed by atoms with Gasteiger partial charge in [0, 0.05) is 23.9 Å². The molecule has 0 atom stereocenters. The number of aromatic nitrogens is 1. The highest BCUT2D eigenvalue weighted by molar-refractivity contribution is 5.92. The number of hydrogen-bond donors (Lipinski definition) is 1. The van der Waals surface area contributed by atoms with Gasteiger partial charge in [0.25, 0.3) is 0 Å². The minimum atomic E-state index is -0.124. The van der Waals surface area contributed by atoms with E-state index in [0.717, 1.165) is 34.2 Å². The number of amides is 1. The van der Waals surface area contributed by atoms with Gasteiger partial charge in [-0.2, -0.15) is 0 Å². The zero-order chi connectivity index (χ0) is 18.1. The van der Waals surface area contributed by atoms with Crippen LogP contribution in [0.5, 0.6) is 0 Å². The largest absolute Gasteiger partial charge is 0.445 e. The van der Waals surface area contributed by atoms with E-state index in [1.54, 1.807) is 0 Å². The summed E-state index contributed by atoms with van der Waals surface area (Å²) >= 11 is 0. The quantitative estimate of drug-likeness (QED) is 0.879. The molecule has 0 fully saturated rings. The van der Waals surface area contributed by atoms with Gasteiger partial charge in [-0.15, -0.1) is 0 Å². The van der Waals surface area contributed by atoms with Gasteiger partial charge in [-0.05, 0) is 38.8 Å². The molecule has 0 unspecified atom stereocenters. The summed E-state index contributed by atoms with van der Waals surface area (Å²) in [5.41, 5.74) is 5.04.